The van der Waals surface area contributed by atoms with Crippen molar-refractivity contribution in [2.75, 3.05) is 36.6 Å². The van der Waals surface area contributed by atoms with E-state index in [9.17, 15) is 129 Å². The molecule has 0 aliphatic carbocycles. The number of aliphatic hydroxyl groups excluding tert-OH is 12. The minimum Gasteiger partial charge on any atom is -0.481 e. The molecule has 2 aromatic heterocycles. The molecule has 16 atom stereocenters. The second-order valence-electron chi connectivity index (χ2n) is 19.4. The van der Waals surface area contributed by atoms with Gasteiger partial charge >= 0.3 is 17.9 Å². The van der Waals surface area contributed by atoms with Crippen LogP contribution in [-0.4, -0.2) is 279 Å². The summed E-state index contributed by atoms with van der Waals surface area (Å²) in [4.78, 5) is 158. The zero-order valence-corrected chi connectivity index (χ0v) is 46.9. The molecule has 3 rings (SSSR count). The number of carboxylic acid groups (broad SMARTS) is 3. The molecule has 40 heteroatoms. The van der Waals surface area contributed by atoms with E-state index >= 15 is 0 Å². The van der Waals surface area contributed by atoms with E-state index < -0.39 is 207 Å². The van der Waals surface area contributed by atoms with Crippen molar-refractivity contribution in [1.82, 2.24) is 57.2 Å². The first-order chi connectivity index (χ1) is 41.3. The van der Waals surface area contributed by atoms with E-state index in [2.05, 4.69) is 43.2 Å². The van der Waals surface area contributed by atoms with Gasteiger partial charge in [0.2, 0.25) is 41.4 Å². The average Bonchev–Trinajstić information content (AvgIpc) is 2.37. The number of aromatic nitrogens is 4. The zero-order chi connectivity index (χ0) is 66.4. The van der Waals surface area contributed by atoms with Crippen LogP contribution in [-0.2, 0) is 49.7 Å². The SMILES string of the molecule is C[C@H](CCC(=O)N[C@H](C(=O)N[C@@H](CC(=O)O)C(=O)N[C@H](C(=O)NC(CC(=O)O)C(=O)N[C@H](C(=O)N[C@@H](CS)C(=O)O)[C@@H](O)[C@H](O)[C@H](O)CO)[C@@H](O)[C@H](O)[C@H](O)CO)[C@@H](O)[C@H](O)[C@H](O)CO)NC(=O)c1ccc(NCc2cnc3nc(N)[nH]c(=O)c3n2)cc1. The number of carbonyl (C=O) groups excluding carboxylic acids is 7. The smallest absolute Gasteiger partial charge is 0.327 e. The number of rotatable bonds is 37. The Balaban J connectivity index is 1.86. The summed E-state index contributed by atoms with van der Waals surface area (Å²) in [6, 6.07) is -9.83. The van der Waals surface area contributed by atoms with Gasteiger partial charge in [0.05, 0.1) is 51.1 Å². The van der Waals surface area contributed by atoms with Gasteiger partial charge in [-0.05, 0) is 37.6 Å². The fourth-order valence-electron chi connectivity index (χ4n) is 7.72. The third kappa shape index (κ3) is 21.8. The van der Waals surface area contributed by atoms with Crippen LogP contribution in [0.5, 0.6) is 0 Å². The van der Waals surface area contributed by atoms with Gasteiger partial charge in [-0.2, -0.15) is 17.6 Å². The Morgan fingerprint density at radius 1 is 0.580 bits per heavy atom. The molecule has 0 saturated carbocycles. The Morgan fingerprint density at radius 3 is 1.42 bits per heavy atom. The number of nitrogens with two attached hydrogens (primary N) is 1. The molecular formula is C48H69N13O26S. The number of nitrogens with one attached hydrogen (secondary N) is 9. The first kappa shape index (κ1) is 73.9. The number of H-pyrrole nitrogens is 1. The van der Waals surface area contributed by atoms with E-state index in [1.807, 2.05) is 5.32 Å². The standard InChI is InChI=1S/C48H69N13O26S/c1-16(52-40(79)17-3-5-18(6-4-17)50-10-19-11-51-39-32(53-19)46(85)61-48(49)60-39)2-7-26(68)57-29(36(76)33(73)23(65)12-62)43(82)54-20(8-27(69)70)41(80)58-30(37(77)34(74)24(66)13-63)44(83)55-21(9-28(71)72)42(81)59-31(38(78)35(75)25(67)14-64)45(84)56-22(15-88)47(86)87/h3-6,11,16,20-25,29-31,33-38,50,62-67,73-78,88H,2,7-10,12-15H2,1H3,(H,52,79)(H,54,82)(H,55,83)(H,56,84)(H,57,68)(H,58,80)(H,59,81)(H,69,70)(H,71,72)(H,86,87)(H3,49,51,60,61,85)/t16-,20+,21?,22+,23-,24-,25-,29+,30+,31+,33-,34-,35-,36-,37-,38-/m1/s1. The lowest BCUT2D eigenvalue weighted by Gasteiger charge is -2.33. The van der Waals surface area contributed by atoms with Gasteiger partial charge in [-0.25, -0.2) is 14.8 Å². The normalized spacial score (nSPS) is 16.9. The van der Waals surface area contributed by atoms with Crippen LogP contribution in [0.25, 0.3) is 11.2 Å². The molecule has 488 valence electrons. The number of fused-ring (bicyclic) bond motifs is 1. The third-order valence-electron chi connectivity index (χ3n) is 12.7. The van der Waals surface area contributed by atoms with Crippen molar-refractivity contribution >= 4 is 94.7 Å². The van der Waals surface area contributed by atoms with Crippen LogP contribution in [0.4, 0.5) is 11.6 Å². The quantitative estimate of drug-likeness (QED) is 0.0238. The maximum absolute atomic E-state index is 14.0. The van der Waals surface area contributed by atoms with Crippen LogP contribution in [0.1, 0.15) is 48.7 Å². The monoisotopic (exact) mass is 1280 g/mol. The molecule has 3 aromatic rings. The number of nitrogen functional groups attached to an aromatic ring is 1. The second-order valence-corrected chi connectivity index (χ2v) is 19.8. The fraction of sp³-hybridized carbons (Fsp3) is 0.542. The van der Waals surface area contributed by atoms with E-state index in [0.717, 1.165) is 0 Å². The lowest BCUT2D eigenvalue weighted by molar-refractivity contribution is -0.147. The summed E-state index contributed by atoms with van der Waals surface area (Å²) in [6.45, 7) is -2.39. The first-order valence-corrected chi connectivity index (χ1v) is 26.6. The van der Waals surface area contributed by atoms with Crippen LogP contribution in [0.3, 0.4) is 0 Å². The van der Waals surface area contributed by atoms with E-state index in [-0.39, 0.29) is 35.6 Å². The van der Waals surface area contributed by atoms with E-state index in [1.54, 1.807) is 26.6 Å². The molecule has 2 heterocycles. The fourth-order valence-corrected chi connectivity index (χ4v) is 7.97. The predicted molar refractivity (Wildman–Crippen MR) is 295 cm³/mol. The molecule has 0 saturated heterocycles. The van der Waals surface area contributed by atoms with Gasteiger partial charge < -0.3 is 125 Å². The predicted octanol–water partition coefficient (Wildman–Crippen LogP) is -12.1. The molecule has 0 aliphatic heterocycles. The molecule has 1 aromatic carbocycles. The molecule has 0 radical (unpaired) electrons. The van der Waals surface area contributed by atoms with Crippen molar-refractivity contribution in [3.63, 3.8) is 0 Å². The zero-order valence-electron chi connectivity index (χ0n) is 46.1. The topological polar surface area (TPSA) is 668 Å². The first-order valence-electron chi connectivity index (χ1n) is 26.0. The number of anilines is 2. The minimum absolute atomic E-state index is 0.0334. The van der Waals surface area contributed by atoms with Crippen molar-refractivity contribution in [2.45, 2.75) is 136 Å². The largest absolute Gasteiger partial charge is 0.481 e. The molecule has 7 amide bonds. The van der Waals surface area contributed by atoms with Crippen molar-refractivity contribution in [3.8, 4) is 0 Å². The number of aliphatic hydroxyl groups is 12. The molecule has 39 nitrogen and oxygen atoms in total. The number of nitrogens with zero attached hydrogens (tertiary/aromatic N) is 3. The van der Waals surface area contributed by atoms with Crippen LogP contribution in [0, 0.1) is 0 Å². The molecule has 26 N–H and O–H groups in total. The summed E-state index contributed by atoms with van der Waals surface area (Å²) < 4.78 is 0. The minimum atomic E-state index is -2.89. The number of carbonyl (C=O) groups is 10. The summed E-state index contributed by atoms with van der Waals surface area (Å²) in [7, 11) is 0. The van der Waals surface area contributed by atoms with Crippen molar-refractivity contribution in [3.05, 3.63) is 52.1 Å². The van der Waals surface area contributed by atoms with Gasteiger partial charge in [0.25, 0.3) is 11.5 Å². The van der Waals surface area contributed by atoms with Gasteiger partial charge in [-0.15, -0.1) is 0 Å². The molecule has 0 bridgehead atoms. The van der Waals surface area contributed by atoms with Gasteiger partial charge in [0, 0.05) is 29.5 Å². The highest BCUT2D eigenvalue weighted by Crippen LogP contribution is 2.15. The number of hydrogen-bond acceptors (Lipinski definition) is 29. The Hall–Kier alpha value is -8.39. The second kappa shape index (κ2) is 34.8. The Kier molecular flexibility index (Phi) is 29.2. The highest BCUT2D eigenvalue weighted by atomic mass is 32.1. The highest BCUT2D eigenvalue weighted by Gasteiger charge is 2.44. The highest BCUT2D eigenvalue weighted by molar-refractivity contribution is 7.80. The van der Waals surface area contributed by atoms with Crippen LogP contribution in [0.2, 0.25) is 0 Å². The molecule has 88 heavy (non-hydrogen) atoms. The summed E-state index contributed by atoms with van der Waals surface area (Å²) in [6.07, 6.45) is -25.3. The Morgan fingerprint density at radius 2 is 1.01 bits per heavy atom. The number of aromatic amines is 1. The molecule has 1 unspecified atom stereocenters. The summed E-state index contributed by atoms with van der Waals surface area (Å²) in [5, 5.41) is 168. The number of amides is 7. The molecular weight excluding hydrogens is 1210 g/mol. The number of benzene rings is 1. The van der Waals surface area contributed by atoms with Crippen LogP contribution >= 0.6 is 12.6 Å². The lowest BCUT2D eigenvalue weighted by atomic mass is 9.98. The van der Waals surface area contributed by atoms with Crippen LogP contribution in [0.15, 0.2) is 35.3 Å². The van der Waals surface area contributed by atoms with Gasteiger partial charge in [0.15, 0.2) is 11.2 Å². The van der Waals surface area contributed by atoms with Crippen molar-refractivity contribution < 1.29 is 125 Å². The van der Waals surface area contributed by atoms with Gasteiger partial charge in [-0.3, -0.25) is 52.9 Å². The van der Waals surface area contributed by atoms with E-state index in [4.69, 9.17) is 5.73 Å². The number of carboxylic acids is 3. The molecule has 0 fully saturated rings. The maximum atomic E-state index is 14.0. The van der Waals surface area contributed by atoms with Crippen molar-refractivity contribution in [1.29, 1.82) is 0 Å². The van der Waals surface area contributed by atoms with Gasteiger partial charge in [0.1, 0.15) is 91.2 Å². The van der Waals surface area contributed by atoms with Crippen molar-refractivity contribution in [2.24, 2.45) is 0 Å². The lowest BCUT2D eigenvalue weighted by Crippen LogP contribution is -2.66. The summed E-state index contributed by atoms with van der Waals surface area (Å²) in [5.74, 6) is -17.3. The maximum Gasteiger partial charge on any atom is 0.327 e. The van der Waals surface area contributed by atoms with Crippen LogP contribution < -0.4 is 53.8 Å². The summed E-state index contributed by atoms with van der Waals surface area (Å²) in [5.41, 5.74) is 5.93. The number of thiol groups is 1. The summed E-state index contributed by atoms with van der Waals surface area (Å²) >= 11 is 3.75. The number of hydrogen-bond donors (Lipinski definition) is 26. The van der Waals surface area contributed by atoms with E-state index in [0.29, 0.717) is 11.4 Å². The van der Waals surface area contributed by atoms with Gasteiger partial charge in [-0.1, -0.05) is 0 Å². The molecule has 0 aliphatic rings. The third-order valence-corrected chi connectivity index (χ3v) is 13.1. The number of aliphatic carboxylic acids is 3. The Labute approximate surface area is 500 Å². The van der Waals surface area contributed by atoms with E-state index in [1.165, 1.54) is 37.4 Å². The molecule has 0 spiro atoms. The Bertz CT molecular complexity index is 2990. The average molecular weight is 1280 g/mol.